The molecule has 0 radical (unpaired) electrons. The first-order valence-electron chi connectivity index (χ1n) is 11.7. The summed E-state index contributed by atoms with van der Waals surface area (Å²) in [6.07, 6.45) is 3.61. The summed E-state index contributed by atoms with van der Waals surface area (Å²) in [7, 11) is -0.225. The van der Waals surface area contributed by atoms with Gasteiger partial charge in [0.1, 0.15) is 11.6 Å². The van der Waals surface area contributed by atoms with Crippen LogP contribution in [0.25, 0.3) is 11.3 Å². The van der Waals surface area contributed by atoms with E-state index in [9.17, 15) is 0 Å². The Balaban J connectivity index is 1.59. The number of nitrogens with one attached hydrogen (secondary N) is 2. The van der Waals surface area contributed by atoms with Crippen molar-refractivity contribution in [3.63, 3.8) is 0 Å². The van der Waals surface area contributed by atoms with E-state index in [0.29, 0.717) is 18.3 Å². The van der Waals surface area contributed by atoms with Gasteiger partial charge in [0.25, 0.3) is 0 Å². The number of aromatic nitrogens is 3. The predicted octanol–water partition coefficient (Wildman–Crippen LogP) is 6.76. The minimum Gasteiger partial charge on any atom is -0.495 e. The van der Waals surface area contributed by atoms with Crippen LogP contribution in [0.1, 0.15) is 33.3 Å². The molecular weight excluding hydrogens is 522 g/mol. The first-order chi connectivity index (χ1) is 16.4. The van der Waals surface area contributed by atoms with Gasteiger partial charge in [-0.15, -0.1) is 0 Å². The van der Waals surface area contributed by atoms with Crippen molar-refractivity contribution in [2.75, 3.05) is 30.9 Å². The lowest BCUT2D eigenvalue weighted by Gasteiger charge is -2.39. The highest BCUT2D eigenvalue weighted by atomic mass is 79.9. The molecular formula is C26H34BrN5O2Si. The van der Waals surface area contributed by atoms with Crippen LogP contribution < -0.4 is 15.4 Å². The Labute approximate surface area is 217 Å². The molecule has 3 aromatic rings. The maximum atomic E-state index is 6.62. The van der Waals surface area contributed by atoms with Gasteiger partial charge < -0.3 is 19.8 Å². The zero-order chi connectivity index (χ0) is 25.4. The number of nitrogens with zero attached hydrogens (tertiary/aromatic N) is 3. The molecule has 4 rings (SSSR count). The van der Waals surface area contributed by atoms with E-state index in [0.717, 1.165) is 39.3 Å². The van der Waals surface area contributed by atoms with E-state index in [4.69, 9.17) is 19.1 Å². The van der Waals surface area contributed by atoms with Gasteiger partial charge in [-0.25, -0.2) is 15.0 Å². The zero-order valence-electron chi connectivity index (χ0n) is 21.5. The molecule has 0 bridgehead atoms. The Morgan fingerprint density at radius 1 is 1.17 bits per heavy atom. The summed E-state index contributed by atoms with van der Waals surface area (Å²) in [5.41, 5.74) is 3.54. The van der Waals surface area contributed by atoms with Crippen LogP contribution in [0.4, 0.5) is 17.5 Å². The summed E-state index contributed by atoms with van der Waals surface area (Å²) in [5, 5.41) is 6.90. The normalized spacial score (nSPS) is 17.6. The smallest absolute Gasteiger partial charge is 0.227 e. The van der Waals surface area contributed by atoms with Crippen molar-refractivity contribution >= 4 is 41.7 Å². The lowest BCUT2D eigenvalue weighted by atomic mass is 9.85. The molecule has 1 aliphatic rings. The van der Waals surface area contributed by atoms with Crippen molar-refractivity contribution in [2.24, 2.45) is 0 Å². The van der Waals surface area contributed by atoms with Crippen LogP contribution in [0.2, 0.25) is 18.1 Å². The highest BCUT2D eigenvalue weighted by Gasteiger charge is 2.42. The number of methoxy groups -OCH3 is 1. The minimum absolute atomic E-state index is 0.160. The molecule has 1 atom stereocenters. The summed E-state index contributed by atoms with van der Waals surface area (Å²) in [6, 6.07) is 9.85. The fourth-order valence-electron chi connectivity index (χ4n) is 3.73. The molecule has 7 nitrogen and oxygen atoms in total. The van der Waals surface area contributed by atoms with Crippen LogP contribution in [0.15, 0.2) is 47.2 Å². The molecule has 0 spiro atoms. The number of rotatable bonds is 7. The average Bonchev–Trinajstić information content (AvgIpc) is 3.15. The molecule has 3 heterocycles. The highest BCUT2D eigenvalue weighted by molar-refractivity contribution is 9.10. The monoisotopic (exact) mass is 555 g/mol. The standard InChI is InChI=1S/C26H34BrN5O2Si/c1-25(2,3)35(6,7)34-16-26(4)15-30-23-19(26)12-17(14-29-23)20-10-11-28-24(31-20)32-21-9-8-18(27)13-22(21)33-5/h8-14H,15-16H2,1-7H3,(H,29,30)(H,28,31,32). The number of pyridine rings is 1. The second-order valence-electron chi connectivity index (χ2n) is 10.8. The van der Waals surface area contributed by atoms with Crippen LogP contribution in [0.3, 0.4) is 0 Å². The Morgan fingerprint density at radius 3 is 2.66 bits per heavy atom. The Kier molecular flexibility index (Phi) is 6.96. The van der Waals surface area contributed by atoms with Crippen LogP contribution in [0.5, 0.6) is 5.75 Å². The van der Waals surface area contributed by atoms with E-state index in [1.807, 2.05) is 30.5 Å². The van der Waals surface area contributed by atoms with E-state index < -0.39 is 8.32 Å². The number of hydrogen-bond acceptors (Lipinski definition) is 7. The zero-order valence-corrected chi connectivity index (χ0v) is 24.1. The number of halogens is 1. The maximum absolute atomic E-state index is 6.62. The number of ether oxygens (including phenoxy) is 1. The summed E-state index contributed by atoms with van der Waals surface area (Å²) >= 11 is 3.47. The van der Waals surface area contributed by atoms with Crippen molar-refractivity contribution in [2.45, 2.75) is 51.2 Å². The van der Waals surface area contributed by atoms with Gasteiger partial charge in [-0.2, -0.15) is 0 Å². The summed E-state index contributed by atoms with van der Waals surface area (Å²) in [4.78, 5) is 13.9. The van der Waals surface area contributed by atoms with Crippen LogP contribution >= 0.6 is 15.9 Å². The number of fused-ring (bicyclic) bond motifs is 1. The molecule has 0 saturated carbocycles. The van der Waals surface area contributed by atoms with Gasteiger partial charge in [0.15, 0.2) is 8.32 Å². The maximum Gasteiger partial charge on any atom is 0.227 e. The Morgan fingerprint density at radius 2 is 1.94 bits per heavy atom. The fraction of sp³-hybridized carbons (Fsp3) is 0.423. The van der Waals surface area contributed by atoms with Crippen LogP contribution in [-0.4, -0.2) is 43.5 Å². The van der Waals surface area contributed by atoms with Gasteiger partial charge in [0, 0.05) is 46.6 Å². The largest absolute Gasteiger partial charge is 0.495 e. The van der Waals surface area contributed by atoms with Gasteiger partial charge >= 0.3 is 0 Å². The third-order valence-electron chi connectivity index (χ3n) is 7.10. The molecule has 1 aliphatic heterocycles. The van der Waals surface area contributed by atoms with Crippen molar-refractivity contribution in [1.29, 1.82) is 0 Å². The molecule has 1 aromatic carbocycles. The SMILES string of the molecule is COc1cc(Br)ccc1Nc1nccc(-c2cnc3c(c2)C(C)(CO[Si](C)(C)C(C)(C)C)CN3)n1. The number of anilines is 3. The number of hydrogen-bond donors (Lipinski definition) is 2. The second kappa shape index (κ2) is 9.52. The van der Waals surface area contributed by atoms with E-state index in [2.05, 4.69) is 78.4 Å². The molecule has 1 unspecified atom stereocenters. The molecule has 2 N–H and O–H groups in total. The molecule has 0 saturated heterocycles. The molecule has 0 amide bonds. The van der Waals surface area contributed by atoms with Crippen molar-refractivity contribution in [1.82, 2.24) is 15.0 Å². The van der Waals surface area contributed by atoms with Gasteiger partial charge in [-0.1, -0.05) is 43.6 Å². The topological polar surface area (TPSA) is 81.2 Å². The van der Waals surface area contributed by atoms with Gasteiger partial charge in [0.05, 0.1) is 18.5 Å². The second-order valence-corrected chi connectivity index (χ2v) is 16.5. The predicted molar refractivity (Wildman–Crippen MR) is 148 cm³/mol. The van der Waals surface area contributed by atoms with E-state index in [1.54, 1.807) is 13.3 Å². The molecule has 2 aromatic heterocycles. The quantitative estimate of drug-likeness (QED) is 0.311. The fourth-order valence-corrected chi connectivity index (χ4v) is 5.19. The molecule has 186 valence electrons. The van der Waals surface area contributed by atoms with Crippen LogP contribution in [-0.2, 0) is 9.84 Å². The molecule has 35 heavy (non-hydrogen) atoms. The van der Waals surface area contributed by atoms with Crippen molar-refractivity contribution in [3.05, 3.63) is 52.8 Å². The molecule has 9 heteroatoms. The van der Waals surface area contributed by atoms with Gasteiger partial charge in [-0.3, -0.25) is 0 Å². The first kappa shape index (κ1) is 25.6. The highest BCUT2D eigenvalue weighted by Crippen LogP contribution is 2.41. The third-order valence-corrected chi connectivity index (χ3v) is 12.1. The number of benzene rings is 1. The lowest BCUT2D eigenvalue weighted by molar-refractivity contribution is 0.220. The molecule has 0 aliphatic carbocycles. The van der Waals surface area contributed by atoms with E-state index in [1.165, 1.54) is 0 Å². The first-order valence-corrected chi connectivity index (χ1v) is 15.4. The molecule has 0 fully saturated rings. The Bertz CT molecular complexity index is 1230. The third kappa shape index (κ3) is 5.36. The Hall–Kier alpha value is -2.49. The van der Waals surface area contributed by atoms with Crippen LogP contribution in [0, 0.1) is 0 Å². The van der Waals surface area contributed by atoms with Gasteiger partial charge in [-0.05, 0) is 48.5 Å². The summed E-state index contributed by atoms with van der Waals surface area (Å²) in [6.45, 7) is 15.1. The minimum atomic E-state index is -1.86. The van der Waals surface area contributed by atoms with Gasteiger partial charge in [0.2, 0.25) is 5.95 Å². The van der Waals surface area contributed by atoms with E-state index >= 15 is 0 Å². The average molecular weight is 557 g/mol. The van der Waals surface area contributed by atoms with Crippen molar-refractivity contribution in [3.8, 4) is 17.0 Å². The van der Waals surface area contributed by atoms with E-state index in [-0.39, 0.29) is 10.5 Å². The lowest BCUT2D eigenvalue weighted by Crippen LogP contribution is -2.45. The summed E-state index contributed by atoms with van der Waals surface area (Å²) in [5.74, 6) is 2.11. The van der Waals surface area contributed by atoms with Crippen molar-refractivity contribution < 1.29 is 9.16 Å². The summed E-state index contributed by atoms with van der Waals surface area (Å²) < 4.78 is 13.0.